The first-order valence-electron chi connectivity index (χ1n) is 3.17. The summed E-state index contributed by atoms with van der Waals surface area (Å²) in [6.07, 6.45) is 0. The molecule has 0 amide bonds. The Hall–Kier alpha value is -0.720. The third-order valence-electron chi connectivity index (χ3n) is 1.16. The van der Waals surface area contributed by atoms with Gasteiger partial charge < -0.3 is 5.21 Å². The molecule has 0 rings (SSSR count). The van der Waals surface area contributed by atoms with E-state index in [0.717, 1.165) is 11.8 Å². The summed E-state index contributed by atoms with van der Waals surface area (Å²) in [6, 6.07) is 0. The van der Waals surface area contributed by atoms with E-state index in [9.17, 15) is 13.2 Å². The number of rotatable bonds is 3. The number of ketones is 1. The van der Waals surface area contributed by atoms with E-state index in [1.54, 1.807) is 0 Å². The van der Waals surface area contributed by atoms with Crippen molar-refractivity contribution in [2.24, 2.45) is 0 Å². The van der Waals surface area contributed by atoms with Crippen LogP contribution in [0.1, 0.15) is 20.8 Å². The van der Waals surface area contributed by atoms with Gasteiger partial charge in [-0.2, -0.15) is 0 Å². The van der Waals surface area contributed by atoms with Crippen molar-refractivity contribution in [3.8, 4) is 0 Å². The van der Waals surface area contributed by atoms with Crippen LogP contribution >= 0.6 is 0 Å². The van der Waals surface area contributed by atoms with E-state index in [1.165, 1.54) is 13.8 Å². The first-order valence-corrected chi connectivity index (χ1v) is 4.65. The van der Waals surface area contributed by atoms with Crippen LogP contribution in [0.3, 0.4) is 0 Å². The maximum atomic E-state index is 10.9. The van der Waals surface area contributed by atoms with Gasteiger partial charge >= 0.3 is 0 Å². The molecular formula is C6H11NO4S. The molecule has 0 aliphatic rings. The molecule has 0 bridgehead atoms. The van der Waals surface area contributed by atoms with Crippen LogP contribution in [0.25, 0.3) is 0 Å². The minimum absolute atomic E-state index is 0.337. The molecule has 6 heteroatoms. The Kier molecular flexibility index (Phi) is 3.56. The van der Waals surface area contributed by atoms with Gasteiger partial charge in [0.25, 0.3) is 10.0 Å². The second-order valence-corrected chi connectivity index (χ2v) is 4.08. The highest BCUT2D eigenvalue weighted by atomic mass is 32.2. The zero-order chi connectivity index (χ0) is 9.94. The van der Waals surface area contributed by atoms with Gasteiger partial charge in [0.2, 0.25) is 0 Å². The lowest BCUT2D eigenvalue weighted by Gasteiger charge is -2.04. The highest BCUT2D eigenvalue weighted by Crippen LogP contribution is 2.10. The Morgan fingerprint density at radius 3 is 1.75 bits per heavy atom. The van der Waals surface area contributed by atoms with Crippen molar-refractivity contribution in [3.05, 3.63) is 10.5 Å². The molecule has 0 saturated carbocycles. The van der Waals surface area contributed by atoms with E-state index in [1.807, 2.05) is 0 Å². The minimum atomic E-state index is -4.02. The molecule has 0 aromatic carbocycles. The van der Waals surface area contributed by atoms with Crippen LogP contribution in [0.4, 0.5) is 0 Å². The van der Waals surface area contributed by atoms with E-state index < -0.39 is 20.7 Å². The molecule has 0 fully saturated rings. The van der Waals surface area contributed by atoms with Crippen molar-refractivity contribution in [3.63, 3.8) is 0 Å². The number of carbonyl (C=O) groups is 1. The lowest BCUT2D eigenvalue weighted by Crippen LogP contribution is -2.25. The van der Waals surface area contributed by atoms with Gasteiger partial charge in [0.05, 0.1) is 0 Å². The van der Waals surface area contributed by atoms with Gasteiger partial charge in [-0.3, -0.25) is 4.79 Å². The first-order chi connectivity index (χ1) is 5.33. The fourth-order valence-electron chi connectivity index (χ4n) is 0.856. The minimum Gasteiger partial charge on any atom is -0.302 e. The SMILES string of the molecule is CC(=O)C(=C(C)C)S(=O)(=O)NO. The summed E-state index contributed by atoms with van der Waals surface area (Å²) in [7, 11) is -4.02. The summed E-state index contributed by atoms with van der Waals surface area (Å²) < 4.78 is 21.9. The molecule has 0 atom stereocenters. The van der Waals surface area contributed by atoms with Crippen molar-refractivity contribution >= 4 is 15.8 Å². The average Bonchev–Trinajstić information content (AvgIpc) is 1.84. The fourth-order valence-corrected chi connectivity index (χ4v) is 1.86. The largest absolute Gasteiger partial charge is 0.302 e. The molecule has 0 aliphatic carbocycles. The van der Waals surface area contributed by atoms with Crippen molar-refractivity contribution < 1.29 is 18.4 Å². The highest BCUT2D eigenvalue weighted by molar-refractivity contribution is 7.94. The summed E-state index contributed by atoms with van der Waals surface area (Å²) in [5.41, 5.74) is 0.337. The molecule has 5 nitrogen and oxygen atoms in total. The van der Waals surface area contributed by atoms with Crippen LogP contribution in [0, 0.1) is 0 Å². The molecule has 0 radical (unpaired) electrons. The molecule has 0 saturated heterocycles. The average molecular weight is 193 g/mol. The summed E-state index contributed by atoms with van der Waals surface area (Å²) in [6.45, 7) is 4.08. The lowest BCUT2D eigenvalue weighted by molar-refractivity contribution is -0.113. The van der Waals surface area contributed by atoms with E-state index in [-0.39, 0.29) is 0 Å². The van der Waals surface area contributed by atoms with Crippen molar-refractivity contribution in [2.45, 2.75) is 20.8 Å². The quantitative estimate of drug-likeness (QED) is 0.494. The molecule has 0 aromatic heterocycles. The molecule has 0 unspecified atom stereocenters. The van der Waals surface area contributed by atoms with Crippen molar-refractivity contribution in [2.75, 3.05) is 0 Å². The van der Waals surface area contributed by atoms with Gasteiger partial charge in [0.15, 0.2) is 5.78 Å². The van der Waals surface area contributed by atoms with E-state index in [0.29, 0.717) is 5.57 Å². The third-order valence-corrected chi connectivity index (χ3v) is 2.64. The van der Waals surface area contributed by atoms with Gasteiger partial charge in [0.1, 0.15) is 4.91 Å². The van der Waals surface area contributed by atoms with Crippen molar-refractivity contribution in [1.29, 1.82) is 0 Å². The van der Waals surface area contributed by atoms with Gasteiger partial charge in [0, 0.05) is 0 Å². The smallest absolute Gasteiger partial charge is 0.265 e. The third kappa shape index (κ3) is 2.40. The van der Waals surface area contributed by atoms with Crippen LogP contribution in [-0.4, -0.2) is 19.4 Å². The summed E-state index contributed by atoms with van der Waals surface area (Å²) in [4.78, 5) is 11.5. The Morgan fingerprint density at radius 2 is 1.67 bits per heavy atom. The number of allylic oxidation sites excluding steroid dienone is 2. The predicted molar refractivity (Wildman–Crippen MR) is 42.9 cm³/mol. The molecule has 12 heavy (non-hydrogen) atoms. The lowest BCUT2D eigenvalue weighted by atomic mass is 10.3. The van der Waals surface area contributed by atoms with E-state index in [2.05, 4.69) is 0 Å². The summed E-state index contributed by atoms with van der Waals surface area (Å²) in [5.74, 6) is -0.600. The second-order valence-electron chi connectivity index (χ2n) is 2.48. The Balaban J connectivity index is 5.36. The number of hydrogen-bond acceptors (Lipinski definition) is 4. The van der Waals surface area contributed by atoms with Crippen LogP contribution in [0.15, 0.2) is 10.5 Å². The molecule has 0 heterocycles. The van der Waals surface area contributed by atoms with Crippen LogP contribution in [0.2, 0.25) is 0 Å². The molecule has 2 N–H and O–H groups in total. The molecule has 0 aliphatic heterocycles. The topological polar surface area (TPSA) is 83.5 Å². The molecule has 0 spiro atoms. The summed E-state index contributed by atoms with van der Waals surface area (Å²) >= 11 is 0. The molecule has 70 valence electrons. The van der Waals surface area contributed by atoms with Crippen molar-refractivity contribution in [1.82, 2.24) is 4.89 Å². The predicted octanol–water partition coefficient (Wildman–Crippen LogP) is 0.178. The monoisotopic (exact) mass is 193 g/mol. The normalized spacial score (nSPS) is 11.0. The number of nitrogens with one attached hydrogen (secondary N) is 1. The molecule has 0 aromatic rings. The van der Waals surface area contributed by atoms with Crippen LogP contribution in [0.5, 0.6) is 0 Å². The van der Waals surface area contributed by atoms with Gasteiger partial charge in [-0.05, 0) is 20.8 Å². The van der Waals surface area contributed by atoms with E-state index in [4.69, 9.17) is 5.21 Å². The van der Waals surface area contributed by atoms with Crippen LogP contribution < -0.4 is 4.89 Å². The second kappa shape index (κ2) is 3.79. The zero-order valence-corrected chi connectivity index (χ0v) is 7.90. The zero-order valence-electron chi connectivity index (χ0n) is 7.08. The maximum Gasteiger partial charge on any atom is 0.265 e. The Bertz CT molecular complexity index is 310. The fraction of sp³-hybridized carbons (Fsp3) is 0.500. The van der Waals surface area contributed by atoms with Crippen LogP contribution in [-0.2, 0) is 14.8 Å². The summed E-state index contributed by atoms with van der Waals surface area (Å²) in [5, 5.41) is 8.24. The highest BCUT2D eigenvalue weighted by Gasteiger charge is 2.21. The maximum absolute atomic E-state index is 10.9. The van der Waals surface area contributed by atoms with Gasteiger partial charge in [-0.25, -0.2) is 8.42 Å². The number of Topliss-reactive ketones (excluding diaryl/α,β-unsaturated/α-hetero) is 1. The van der Waals surface area contributed by atoms with Gasteiger partial charge in [-0.15, -0.1) is 0 Å². The number of hydrogen-bond donors (Lipinski definition) is 2. The standard InChI is InChI=1S/C6H11NO4S/c1-4(2)6(5(3)8)12(10,11)7-9/h7,9H,1-3H3. The Labute approximate surface area is 71.1 Å². The number of carbonyl (C=O) groups excluding carboxylic acids is 1. The van der Waals surface area contributed by atoms with E-state index >= 15 is 0 Å². The first kappa shape index (κ1) is 11.3. The molecular weight excluding hydrogens is 182 g/mol. The number of sulfonamides is 1. The Morgan fingerprint density at radius 1 is 1.25 bits per heavy atom. The van der Waals surface area contributed by atoms with Gasteiger partial charge in [-0.1, -0.05) is 10.5 Å².